The second-order valence-corrected chi connectivity index (χ2v) is 6.59. The zero-order chi connectivity index (χ0) is 21.0. The summed E-state index contributed by atoms with van der Waals surface area (Å²) in [6, 6.07) is 11.2. The van der Waals surface area contributed by atoms with Crippen LogP contribution < -0.4 is 5.56 Å². The molecule has 1 aromatic heterocycles. The largest absolute Gasteiger partial charge is 0.468 e. The number of carbonyl (C=O) groups excluding carboxylic acids is 2. The molecule has 0 bridgehead atoms. The zero-order valence-corrected chi connectivity index (χ0v) is 16.1. The maximum Gasteiger partial charge on any atom is 0.325 e. The van der Waals surface area contributed by atoms with Crippen molar-refractivity contribution in [2.75, 3.05) is 13.7 Å². The Morgan fingerprint density at radius 3 is 2.69 bits per heavy atom. The van der Waals surface area contributed by atoms with Crippen LogP contribution in [0.4, 0.5) is 4.39 Å². The molecular weight excluding hydrogens is 377 g/mol. The normalized spacial score (nSPS) is 10.7. The van der Waals surface area contributed by atoms with Crippen LogP contribution in [0.25, 0.3) is 10.9 Å². The second-order valence-electron chi connectivity index (χ2n) is 6.59. The summed E-state index contributed by atoms with van der Waals surface area (Å²) in [5.74, 6) is -1.59. The minimum Gasteiger partial charge on any atom is -0.468 e. The minimum atomic E-state index is -0.571. The molecule has 8 heteroatoms. The molecule has 0 fully saturated rings. The zero-order valence-electron chi connectivity index (χ0n) is 16.1. The third-order valence-corrected chi connectivity index (χ3v) is 4.61. The topological polar surface area (TPSA) is 81.5 Å². The van der Waals surface area contributed by atoms with Gasteiger partial charge in [0.2, 0.25) is 5.91 Å². The molecule has 0 N–H and O–H groups in total. The Labute approximate surface area is 166 Å². The van der Waals surface area contributed by atoms with E-state index in [4.69, 9.17) is 0 Å². The van der Waals surface area contributed by atoms with Crippen LogP contribution in [0.3, 0.4) is 0 Å². The monoisotopic (exact) mass is 397 g/mol. The van der Waals surface area contributed by atoms with Crippen molar-refractivity contribution in [2.45, 2.75) is 20.0 Å². The number of aromatic nitrogens is 2. The van der Waals surface area contributed by atoms with Crippen LogP contribution in [-0.4, -0.2) is 40.0 Å². The summed E-state index contributed by atoms with van der Waals surface area (Å²) in [5, 5.41) is 0.0821. The van der Waals surface area contributed by atoms with E-state index >= 15 is 0 Å². The van der Waals surface area contributed by atoms with Crippen molar-refractivity contribution in [1.82, 2.24) is 14.5 Å². The van der Waals surface area contributed by atoms with Gasteiger partial charge in [-0.2, -0.15) is 0 Å². The lowest BCUT2D eigenvalue weighted by Crippen LogP contribution is -2.39. The SMILES string of the molecule is COC(=O)CN(Cc1ccccc1C)C(=O)Cn1cnc2ccc(F)cc2c1=O. The number of aryl methyl sites for hydroxylation is 1. The quantitative estimate of drug-likeness (QED) is 0.595. The van der Waals surface area contributed by atoms with Crippen molar-refractivity contribution in [3.05, 3.63) is 76.1 Å². The van der Waals surface area contributed by atoms with Gasteiger partial charge in [0.05, 0.1) is 24.3 Å². The van der Waals surface area contributed by atoms with Crippen molar-refractivity contribution in [1.29, 1.82) is 0 Å². The fourth-order valence-corrected chi connectivity index (χ4v) is 2.94. The number of benzene rings is 2. The van der Waals surface area contributed by atoms with E-state index in [0.717, 1.165) is 21.8 Å². The molecule has 150 valence electrons. The Hall–Kier alpha value is -3.55. The highest BCUT2D eigenvalue weighted by Crippen LogP contribution is 2.12. The molecular formula is C21H20FN3O4. The average molecular weight is 397 g/mol. The lowest BCUT2D eigenvalue weighted by Gasteiger charge is -2.23. The maximum atomic E-state index is 13.5. The minimum absolute atomic E-state index is 0.0821. The lowest BCUT2D eigenvalue weighted by atomic mass is 10.1. The standard InChI is InChI=1S/C21H20FN3O4/c1-14-5-3-4-6-15(14)10-24(12-20(27)29-2)19(26)11-25-13-23-18-8-7-16(22)9-17(18)21(25)28/h3-9,13H,10-12H2,1-2H3. The van der Waals surface area contributed by atoms with Gasteiger partial charge in [-0.3, -0.25) is 19.0 Å². The predicted octanol–water partition coefficient (Wildman–Crippen LogP) is 2.05. The number of ether oxygens (including phenoxy) is 1. The van der Waals surface area contributed by atoms with Crippen LogP contribution in [0.2, 0.25) is 0 Å². The van der Waals surface area contributed by atoms with Crippen molar-refractivity contribution < 1.29 is 18.7 Å². The van der Waals surface area contributed by atoms with Crippen LogP contribution in [0, 0.1) is 12.7 Å². The summed E-state index contributed by atoms with van der Waals surface area (Å²) in [6.07, 6.45) is 1.24. The Morgan fingerprint density at radius 1 is 1.21 bits per heavy atom. The van der Waals surface area contributed by atoms with Gasteiger partial charge >= 0.3 is 5.97 Å². The average Bonchev–Trinajstić information content (AvgIpc) is 2.71. The molecule has 3 aromatic rings. The van der Waals surface area contributed by atoms with E-state index in [9.17, 15) is 18.8 Å². The number of rotatable bonds is 6. The number of hydrogen-bond donors (Lipinski definition) is 0. The molecule has 0 spiro atoms. The Bertz CT molecular complexity index is 1130. The molecule has 0 saturated carbocycles. The van der Waals surface area contributed by atoms with Crippen molar-refractivity contribution in [2.24, 2.45) is 0 Å². The van der Waals surface area contributed by atoms with Gasteiger partial charge in [-0.25, -0.2) is 9.37 Å². The van der Waals surface area contributed by atoms with E-state index in [-0.39, 0.29) is 25.0 Å². The molecule has 0 aliphatic rings. The first-order valence-corrected chi connectivity index (χ1v) is 8.93. The summed E-state index contributed by atoms with van der Waals surface area (Å²) >= 11 is 0. The molecule has 29 heavy (non-hydrogen) atoms. The number of esters is 1. The number of amides is 1. The van der Waals surface area contributed by atoms with Crippen LogP contribution in [-0.2, 0) is 27.4 Å². The summed E-state index contributed by atoms with van der Waals surface area (Å²) < 4.78 is 19.3. The van der Waals surface area contributed by atoms with Crippen molar-refractivity contribution in [3.63, 3.8) is 0 Å². The van der Waals surface area contributed by atoms with E-state index in [1.165, 1.54) is 30.5 Å². The highest BCUT2D eigenvalue weighted by Gasteiger charge is 2.20. The van der Waals surface area contributed by atoms with E-state index in [1.54, 1.807) is 0 Å². The molecule has 1 amide bonds. The molecule has 0 aliphatic carbocycles. The molecule has 0 saturated heterocycles. The number of methoxy groups -OCH3 is 1. The van der Waals surface area contributed by atoms with Gasteiger partial charge in [0.1, 0.15) is 18.9 Å². The summed E-state index contributed by atoms with van der Waals surface area (Å²) in [7, 11) is 1.24. The Kier molecular flexibility index (Phi) is 6.01. The third-order valence-electron chi connectivity index (χ3n) is 4.61. The fraction of sp³-hybridized carbons (Fsp3) is 0.238. The highest BCUT2D eigenvalue weighted by molar-refractivity contribution is 5.82. The molecule has 0 radical (unpaired) electrons. The van der Waals surface area contributed by atoms with Crippen molar-refractivity contribution >= 4 is 22.8 Å². The second kappa shape index (κ2) is 8.64. The number of carbonyl (C=O) groups is 2. The molecule has 2 aromatic carbocycles. The Morgan fingerprint density at radius 2 is 1.97 bits per heavy atom. The number of fused-ring (bicyclic) bond motifs is 1. The summed E-state index contributed by atoms with van der Waals surface area (Å²) in [5.41, 5.74) is 1.65. The van der Waals surface area contributed by atoms with Gasteiger partial charge in [-0.15, -0.1) is 0 Å². The van der Waals surface area contributed by atoms with Gasteiger partial charge in [-0.1, -0.05) is 24.3 Å². The summed E-state index contributed by atoms with van der Waals surface area (Å²) in [4.78, 5) is 42.7. The number of hydrogen-bond acceptors (Lipinski definition) is 5. The van der Waals surface area contributed by atoms with Gasteiger partial charge in [0.25, 0.3) is 5.56 Å². The molecule has 3 rings (SSSR count). The smallest absolute Gasteiger partial charge is 0.325 e. The number of halogens is 1. The van der Waals surface area contributed by atoms with Crippen LogP contribution in [0.5, 0.6) is 0 Å². The van der Waals surface area contributed by atoms with E-state index in [2.05, 4.69) is 9.72 Å². The van der Waals surface area contributed by atoms with Gasteiger partial charge < -0.3 is 9.64 Å². The maximum absolute atomic E-state index is 13.5. The Balaban J connectivity index is 1.89. The summed E-state index contributed by atoms with van der Waals surface area (Å²) in [6.45, 7) is 1.50. The number of nitrogens with zero attached hydrogens (tertiary/aromatic N) is 3. The fourth-order valence-electron chi connectivity index (χ4n) is 2.94. The molecule has 0 unspecified atom stereocenters. The predicted molar refractivity (Wildman–Crippen MR) is 105 cm³/mol. The molecule has 1 heterocycles. The molecule has 0 atom stereocenters. The van der Waals surface area contributed by atoms with E-state index < -0.39 is 23.3 Å². The lowest BCUT2D eigenvalue weighted by molar-refractivity contribution is -0.147. The first-order valence-electron chi connectivity index (χ1n) is 8.93. The van der Waals surface area contributed by atoms with Gasteiger partial charge in [0.15, 0.2) is 0 Å². The van der Waals surface area contributed by atoms with E-state index in [0.29, 0.717) is 5.52 Å². The molecule has 0 aliphatic heterocycles. The van der Waals surface area contributed by atoms with Crippen molar-refractivity contribution in [3.8, 4) is 0 Å². The first kappa shape index (κ1) is 20.2. The highest BCUT2D eigenvalue weighted by atomic mass is 19.1. The van der Waals surface area contributed by atoms with Gasteiger partial charge in [-0.05, 0) is 36.2 Å². The van der Waals surface area contributed by atoms with Crippen LogP contribution >= 0.6 is 0 Å². The first-order chi connectivity index (χ1) is 13.9. The molecule has 7 nitrogen and oxygen atoms in total. The third kappa shape index (κ3) is 4.66. The van der Waals surface area contributed by atoms with Gasteiger partial charge in [0, 0.05) is 6.54 Å². The van der Waals surface area contributed by atoms with Crippen LogP contribution in [0.1, 0.15) is 11.1 Å². The van der Waals surface area contributed by atoms with E-state index in [1.807, 2.05) is 31.2 Å². The van der Waals surface area contributed by atoms with Crippen LogP contribution in [0.15, 0.2) is 53.6 Å².